The molecule has 0 heteroatoms. The average molecular weight is 585 g/mol. The topological polar surface area (TPSA) is 0 Å². The Bertz CT molecular complexity index is 2830. The van der Waals surface area contributed by atoms with Crippen molar-refractivity contribution in [1.29, 1.82) is 0 Å². The molecule has 9 aromatic carbocycles. The molecule has 2 aliphatic rings. The lowest BCUT2D eigenvalue weighted by Crippen LogP contribution is -2.24. The van der Waals surface area contributed by atoms with Crippen molar-refractivity contribution >= 4 is 64.6 Å². The van der Waals surface area contributed by atoms with Crippen molar-refractivity contribution in [3.63, 3.8) is 0 Å². The van der Waals surface area contributed by atoms with E-state index in [0.717, 1.165) is 0 Å². The second-order valence-corrected chi connectivity index (χ2v) is 14.8. The molecular weight excluding hydrogens is 553 g/mol. The van der Waals surface area contributed by atoms with Gasteiger partial charge in [0.25, 0.3) is 0 Å². The summed E-state index contributed by atoms with van der Waals surface area (Å²) in [7, 11) is 0. The molecule has 0 N–H and O–H groups in total. The van der Waals surface area contributed by atoms with Gasteiger partial charge in [-0.2, -0.15) is 0 Å². The molecule has 0 radical (unpaired) electrons. The maximum absolute atomic E-state index is 2.51. The van der Waals surface area contributed by atoms with Crippen LogP contribution in [0.1, 0.15) is 49.9 Å². The third-order valence-corrected chi connectivity index (χ3v) is 11.9. The highest BCUT2D eigenvalue weighted by Crippen LogP contribution is 2.61. The van der Waals surface area contributed by atoms with Crippen LogP contribution in [0.4, 0.5) is 0 Å². The second kappa shape index (κ2) is 7.95. The zero-order chi connectivity index (χ0) is 30.7. The smallest absolute Gasteiger partial charge is 0.0162 e. The molecule has 9 aromatic rings. The lowest BCUT2D eigenvalue weighted by Gasteiger charge is -2.30. The van der Waals surface area contributed by atoms with Crippen molar-refractivity contribution in [3.8, 4) is 22.3 Å². The minimum Gasteiger partial charge on any atom is -0.0616 e. The van der Waals surface area contributed by atoms with Crippen molar-refractivity contribution in [2.45, 2.75) is 38.5 Å². The van der Waals surface area contributed by atoms with E-state index in [0.29, 0.717) is 0 Å². The Morgan fingerprint density at radius 3 is 1.67 bits per heavy atom. The Kier molecular flexibility index (Phi) is 4.33. The van der Waals surface area contributed by atoms with Crippen LogP contribution in [0, 0.1) is 0 Å². The number of hydrogen-bond acceptors (Lipinski definition) is 0. The van der Waals surface area contributed by atoms with Crippen molar-refractivity contribution < 1.29 is 0 Å². The minimum absolute atomic E-state index is 0.117. The molecule has 0 nitrogen and oxygen atoms in total. The van der Waals surface area contributed by atoms with Gasteiger partial charge in [-0.25, -0.2) is 0 Å². The number of fused-ring (bicyclic) bond motifs is 14. The lowest BCUT2D eigenvalue weighted by molar-refractivity contribution is 0.602. The zero-order valence-corrected chi connectivity index (χ0v) is 26.5. The summed E-state index contributed by atoms with van der Waals surface area (Å²) in [6, 6.07) is 46.4. The van der Waals surface area contributed by atoms with E-state index in [-0.39, 0.29) is 10.8 Å². The van der Waals surface area contributed by atoms with Gasteiger partial charge in [0, 0.05) is 10.8 Å². The lowest BCUT2D eigenvalue weighted by atomic mass is 9.72. The van der Waals surface area contributed by atoms with Gasteiger partial charge in [0.1, 0.15) is 0 Å². The maximum Gasteiger partial charge on any atom is 0.0162 e. The van der Waals surface area contributed by atoms with Crippen molar-refractivity contribution in [3.05, 3.63) is 144 Å². The van der Waals surface area contributed by atoms with Gasteiger partial charge in [-0.3, -0.25) is 0 Å². The first-order valence-electron chi connectivity index (χ1n) is 16.6. The predicted octanol–water partition coefficient (Wildman–Crippen LogP) is 12.7. The zero-order valence-electron chi connectivity index (χ0n) is 26.5. The summed E-state index contributed by atoms with van der Waals surface area (Å²) >= 11 is 0. The van der Waals surface area contributed by atoms with Crippen LogP contribution in [-0.4, -0.2) is 0 Å². The minimum atomic E-state index is -0.124. The molecule has 0 aromatic heterocycles. The highest BCUT2D eigenvalue weighted by atomic mass is 14.5. The molecule has 216 valence electrons. The Labute approximate surface area is 268 Å². The first-order chi connectivity index (χ1) is 22.3. The fourth-order valence-electron chi connectivity index (χ4n) is 9.90. The standard InChI is InChI=1S/C46H32/c1-45(2)37-23-22-32-31-16-14-25-8-5-6-11-29(25)30(31)18-19-33(32)41(37)35-20-21-36-42-34-17-15-27-10-7-9-26-12-13-28(40(34)39(26)27)24-38(42)46(3,4)44(36)43(35)45/h5-24H,1-4H3. The third kappa shape index (κ3) is 2.76. The Balaban J connectivity index is 1.23. The predicted molar refractivity (Wildman–Crippen MR) is 198 cm³/mol. The number of hydrogen-bond donors (Lipinski definition) is 0. The highest BCUT2D eigenvalue weighted by molar-refractivity contribution is 6.27. The molecule has 0 saturated carbocycles. The molecule has 0 amide bonds. The van der Waals surface area contributed by atoms with E-state index in [1.54, 1.807) is 0 Å². The summed E-state index contributed by atoms with van der Waals surface area (Å²) in [5, 5.41) is 16.2. The van der Waals surface area contributed by atoms with Gasteiger partial charge in [0.2, 0.25) is 0 Å². The largest absolute Gasteiger partial charge is 0.0616 e. The van der Waals surface area contributed by atoms with Crippen LogP contribution in [-0.2, 0) is 10.8 Å². The molecule has 11 rings (SSSR count). The molecule has 0 unspecified atom stereocenters. The number of benzene rings is 9. The van der Waals surface area contributed by atoms with Gasteiger partial charge < -0.3 is 0 Å². The van der Waals surface area contributed by atoms with Gasteiger partial charge in [0.15, 0.2) is 0 Å². The fraction of sp³-hybridized carbons (Fsp3) is 0.130. The molecule has 0 atom stereocenters. The molecule has 0 aliphatic heterocycles. The Morgan fingerprint density at radius 1 is 0.348 bits per heavy atom. The SMILES string of the molecule is CC1(C)c2ccc3c(ccc4c5ccccc5ccc34)c2-c2ccc3c(c21)C(C)(C)c1cc2ccc4cccc5ccc(c1-3)c2c45. The van der Waals surface area contributed by atoms with Gasteiger partial charge >= 0.3 is 0 Å². The quantitative estimate of drug-likeness (QED) is 0.156. The summed E-state index contributed by atoms with van der Waals surface area (Å²) in [5.41, 5.74) is 11.4. The molecule has 0 saturated heterocycles. The van der Waals surface area contributed by atoms with E-state index < -0.39 is 0 Å². The van der Waals surface area contributed by atoms with Gasteiger partial charge in [-0.05, 0) is 115 Å². The monoisotopic (exact) mass is 584 g/mol. The van der Waals surface area contributed by atoms with Crippen molar-refractivity contribution in [2.75, 3.05) is 0 Å². The summed E-state index contributed by atoms with van der Waals surface area (Å²) in [4.78, 5) is 0. The van der Waals surface area contributed by atoms with Crippen molar-refractivity contribution in [1.82, 2.24) is 0 Å². The van der Waals surface area contributed by atoms with E-state index in [9.17, 15) is 0 Å². The van der Waals surface area contributed by atoms with E-state index in [1.807, 2.05) is 0 Å². The Morgan fingerprint density at radius 2 is 0.870 bits per heavy atom. The summed E-state index contributed by atoms with van der Waals surface area (Å²) in [6.45, 7) is 9.84. The van der Waals surface area contributed by atoms with Crippen LogP contribution in [0.15, 0.2) is 121 Å². The van der Waals surface area contributed by atoms with Crippen molar-refractivity contribution in [2.24, 2.45) is 0 Å². The molecular formula is C46H32. The van der Waals surface area contributed by atoms with Gasteiger partial charge in [-0.1, -0.05) is 143 Å². The Hall–Kier alpha value is -5.20. The maximum atomic E-state index is 2.51. The van der Waals surface area contributed by atoms with E-state index in [1.165, 1.54) is 109 Å². The van der Waals surface area contributed by atoms with Crippen LogP contribution >= 0.6 is 0 Å². The second-order valence-electron chi connectivity index (χ2n) is 14.8. The number of rotatable bonds is 0. The summed E-state index contributed by atoms with van der Waals surface area (Å²) in [5.74, 6) is 0. The molecule has 0 bridgehead atoms. The first-order valence-corrected chi connectivity index (χ1v) is 16.6. The normalized spacial score (nSPS) is 15.7. The van der Waals surface area contributed by atoms with Crippen LogP contribution in [0.3, 0.4) is 0 Å². The molecule has 46 heavy (non-hydrogen) atoms. The van der Waals surface area contributed by atoms with Crippen LogP contribution in [0.25, 0.3) is 86.9 Å². The molecule has 0 fully saturated rings. The molecule has 2 aliphatic carbocycles. The third-order valence-electron chi connectivity index (χ3n) is 11.9. The molecule has 0 heterocycles. The first kappa shape index (κ1) is 25.0. The van der Waals surface area contributed by atoms with Crippen LogP contribution < -0.4 is 0 Å². The van der Waals surface area contributed by atoms with E-state index in [2.05, 4.69) is 149 Å². The van der Waals surface area contributed by atoms with Gasteiger partial charge in [0.05, 0.1) is 0 Å². The van der Waals surface area contributed by atoms with E-state index in [4.69, 9.17) is 0 Å². The average Bonchev–Trinajstić information content (AvgIpc) is 3.45. The molecule has 0 spiro atoms. The van der Waals surface area contributed by atoms with Crippen LogP contribution in [0.2, 0.25) is 0 Å². The summed E-state index contributed by atoms with van der Waals surface area (Å²) < 4.78 is 0. The van der Waals surface area contributed by atoms with Gasteiger partial charge in [-0.15, -0.1) is 0 Å². The fourth-order valence-corrected chi connectivity index (χ4v) is 9.90. The van der Waals surface area contributed by atoms with Crippen LogP contribution in [0.5, 0.6) is 0 Å². The summed E-state index contributed by atoms with van der Waals surface area (Å²) in [6.07, 6.45) is 0. The highest BCUT2D eigenvalue weighted by Gasteiger charge is 2.46. The van der Waals surface area contributed by atoms with E-state index >= 15 is 0 Å².